The molecule has 2 heterocycles. The van der Waals surface area contributed by atoms with Gasteiger partial charge in [-0.25, -0.2) is 4.79 Å². The Hall–Kier alpha value is -1.98. The molecule has 112 valence electrons. The van der Waals surface area contributed by atoms with Crippen LogP contribution in [0.2, 0.25) is 0 Å². The maximum Gasteiger partial charge on any atom is 0.349 e. The molecule has 22 heavy (non-hydrogen) atoms. The predicted molar refractivity (Wildman–Crippen MR) is 90.2 cm³/mol. The van der Waals surface area contributed by atoms with Crippen LogP contribution in [0.1, 0.15) is 29.8 Å². The molecule has 0 bridgehead atoms. The Labute approximate surface area is 136 Å². The summed E-state index contributed by atoms with van der Waals surface area (Å²) in [4.78, 5) is 26.5. The number of thiophene rings is 2. The van der Waals surface area contributed by atoms with E-state index in [0.717, 1.165) is 20.5 Å². The van der Waals surface area contributed by atoms with Gasteiger partial charge in [-0.2, -0.15) is 0 Å². The van der Waals surface area contributed by atoms with Gasteiger partial charge in [0.05, 0.1) is 4.88 Å². The Morgan fingerprint density at radius 2 is 1.82 bits per heavy atom. The van der Waals surface area contributed by atoms with Crippen LogP contribution >= 0.6 is 22.7 Å². The highest BCUT2D eigenvalue weighted by Gasteiger charge is 2.18. The Bertz CT molecular complexity index is 858. The third-order valence-corrected chi connectivity index (χ3v) is 5.67. The normalized spacial score (nSPS) is 10.8. The van der Waals surface area contributed by atoms with Gasteiger partial charge in [-0.3, -0.25) is 4.79 Å². The molecule has 3 rings (SSSR count). The lowest BCUT2D eigenvalue weighted by molar-refractivity contribution is 0.0480. The lowest BCUT2D eigenvalue weighted by atomic mass is 10.1. The van der Waals surface area contributed by atoms with Gasteiger partial charge in [0.25, 0.3) is 0 Å². The number of ether oxygens (including phenoxy) is 1. The molecular formula is C17H14O3S2. The van der Waals surface area contributed by atoms with Crippen LogP contribution in [0.4, 0.5) is 0 Å². The molecule has 0 atom stereocenters. The van der Waals surface area contributed by atoms with Crippen molar-refractivity contribution in [3.63, 3.8) is 0 Å². The maximum atomic E-state index is 12.2. The van der Waals surface area contributed by atoms with Crippen LogP contribution in [-0.2, 0) is 4.74 Å². The molecule has 0 aliphatic heterocycles. The Balaban J connectivity index is 1.73. The third-order valence-electron chi connectivity index (χ3n) is 3.38. The number of ketones is 1. The number of hydrogen-bond donors (Lipinski definition) is 0. The maximum absolute atomic E-state index is 12.2. The molecule has 0 amide bonds. The first-order valence-corrected chi connectivity index (χ1v) is 8.44. The second-order valence-electron chi connectivity index (χ2n) is 4.96. The van der Waals surface area contributed by atoms with Gasteiger partial charge in [-0.05, 0) is 43.0 Å². The molecule has 0 aliphatic carbocycles. The highest BCUT2D eigenvalue weighted by atomic mass is 32.1. The Morgan fingerprint density at radius 3 is 2.50 bits per heavy atom. The van der Waals surface area contributed by atoms with Crippen molar-refractivity contribution in [2.24, 2.45) is 0 Å². The van der Waals surface area contributed by atoms with Crippen LogP contribution in [-0.4, -0.2) is 18.4 Å². The van der Waals surface area contributed by atoms with Gasteiger partial charge < -0.3 is 4.74 Å². The fourth-order valence-corrected chi connectivity index (χ4v) is 4.12. The van der Waals surface area contributed by atoms with Crippen LogP contribution in [0, 0.1) is 13.8 Å². The number of fused-ring (bicyclic) bond motifs is 1. The minimum absolute atomic E-state index is 0.162. The van der Waals surface area contributed by atoms with Crippen molar-refractivity contribution in [2.75, 3.05) is 6.61 Å². The molecule has 0 saturated heterocycles. The zero-order valence-electron chi connectivity index (χ0n) is 12.2. The Kier molecular flexibility index (Phi) is 4.09. The van der Waals surface area contributed by atoms with Crippen LogP contribution in [0.3, 0.4) is 0 Å². The third kappa shape index (κ3) is 2.82. The second-order valence-corrected chi connectivity index (χ2v) is 7.30. The highest BCUT2D eigenvalue weighted by molar-refractivity contribution is 7.21. The average molecular weight is 330 g/mol. The number of carbonyl (C=O) groups excluding carboxylic acids is 2. The second kappa shape index (κ2) is 6.02. The lowest BCUT2D eigenvalue weighted by Gasteiger charge is -2.02. The van der Waals surface area contributed by atoms with Crippen molar-refractivity contribution in [1.29, 1.82) is 0 Å². The van der Waals surface area contributed by atoms with E-state index in [0.29, 0.717) is 9.75 Å². The number of Topliss-reactive ketones (excluding diaryl/α,β-unsaturated/α-hetero) is 1. The highest BCUT2D eigenvalue weighted by Crippen LogP contribution is 2.31. The molecule has 1 aromatic carbocycles. The summed E-state index contributed by atoms with van der Waals surface area (Å²) in [5, 5.41) is 1.06. The molecule has 0 N–H and O–H groups in total. The first-order chi connectivity index (χ1) is 10.6. The zero-order valence-corrected chi connectivity index (χ0v) is 13.8. The summed E-state index contributed by atoms with van der Waals surface area (Å²) >= 11 is 2.81. The van der Waals surface area contributed by atoms with Crippen LogP contribution < -0.4 is 0 Å². The molecule has 0 aliphatic rings. The van der Waals surface area contributed by atoms with Crippen molar-refractivity contribution >= 4 is 44.5 Å². The minimum atomic E-state index is -0.430. The molecule has 0 spiro atoms. The zero-order chi connectivity index (χ0) is 15.7. The summed E-state index contributed by atoms with van der Waals surface area (Å²) in [5.41, 5.74) is 0.907. The number of aryl methyl sites for hydroxylation is 2. The molecule has 2 aromatic heterocycles. The number of rotatable bonds is 4. The summed E-state index contributed by atoms with van der Waals surface area (Å²) in [5.74, 6) is -0.592. The van der Waals surface area contributed by atoms with Crippen molar-refractivity contribution in [3.05, 3.63) is 56.6 Å². The molecule has 5 heteroatoms. The van der Waals surface area contributed by atoms with Gasteiger partial charge in [-0.15, -0.1) is 22.7 Å². The first kappa shape index (κ1) is 14.9. The van der Waals surface area contributed by atoms with Crippen LogP contribution in [0.25, 0.3) is 10.1 Å². The molecule has 0 fully saturated rings. The average Bonchev–Trinajstić information content (AvgIpc) is 3.09. The van der Waals surface area contributed by atoms with Gasteiger partial charge in [0.15, 0.2) is 6.61 Å². The van der Waals surface area contributed by atoms with Gasteiger partial charge in [0.1, 0.15) is 4.88 Å². The number of esters is 1. The molecule has 0 saturated carbocycles. The van der Waals surface area contributed by atoms with Crippen LogP contribution in [0.15, 0.2) is 36.4 Å². The fourth-order valence-electron chi connectivity index (χ4n) is 2.22. The topological polar surface area (TPSA) is 43.4 Å². The number of benzene rings is 1. The van der Waals surface area contributed by atoms with E-state index < -0.39 is 5.97 Å². The molecule has 3 aromatic rings. The minimum Gasteiger partial charge on any atom is -0.453 e. The lowest BCUT2D eigenvalue weighted by Crippen LogP contribution is -2.13. The number of carbonyl (C=O) groups is 2. The van der Waals surface area contributed by atoms with Gasteiger partial charge in [0, 0.05) is 9.58 Å². The smallest absolute Gasteiger partial charge is 0.349 e. The monoisotopic (exact) mass is 330 g/mol. The van der Waals surface area contributed by atoms with E-state index in [4.69, 9.17) is 4.74 Å². The van der Waals surface area contributed by atoms with Crippen molar-refractivity contribution in [3.8, 4) is 0 Å². The summed E-state index contributed by atoms with van der Waals surface area (Å²) in [6.45, 7) is 3.63. The summed E-state index contributed by atoms with van der Waals surface area (Å²) in [6.07, 6.45) is 0. The van der Waals surface area contributed by atoms with Gasteiger partial charge in [0.2, 0.25) is 5.78 Å². The molecular weight excluding hydrogens is 316 g/mol. The van der Waals surface area contributed by atoms with E-state index in [1.54, 1.807) is 6.07 Å². The predicted octanol–water partition coefficient (Wildman–Crippen LogP) is 4.62. The van der Waals surface area contributed by atoms with E-state index >= 15 is 0 Å². The van der Waals surface area contributed by atoms with E-state index in [9.17, 15) is 9.59 Å². The summed E-state index contributed by atoms with van der Waals surface area (Å²) in [6, 6.07) is 11.5. The molecule has 3 nitrogen and oxygen atoms in total. The standard InChI is InChI=1S/C17H14O3S2/c1-10-7-8-15(21-10)13(18)9-20-17(19)16-11(2)12-5-3-4-6-14(12)22-16/h3-8H,9H2,1-2H3. The first-order valence-electron chi connectivity index (χ1n) is 6.81. The Morgan fingerprint density at radius 1 is 1.05 bits per heavy atom. The van der Waals surface area contributed by atoms with Crippen molar-refractivity contribution < 1.29 is 14.3 Å². The molecule has 0 unspecified atom stereocenters. The fraction of sp³-hybridized carbons (Fsp3) is 0.176. The van der Waals surface area contributed by atoms with E-state index in [2.05, 4.69) is 0 Å². The molecule has 0 radical (unpaired) electrons. The summed E-state index contributed by atoms with van der Waals surface area (Å²) < 4.78 is 6.24. The van der Waals surface area contributed by atoms with Crippen LogP contribution in [0.5, 0.6) is 0 Å². The van der Waals surface area contributed by atoms with E-state index in [1.165, 1.54) is 22.7 Å². The van der Waals surface area contributed by atoms with Crippen molar-refractivity contribution in [2.45, 2.75) is 13.8 Å². The van der Waals surface area contributed by atoms with Gasteiger partial charge >= 0.3 is 5.97 Å². The number of hydrogen-bond acceptors (Lipinski definition) is 5. The largest absolute Gasteiger partial charge is 0.453 e. The van der Waals surface area contributed by atoms with E-state index in [1.807, 2.05) is 44.2 Å². The summed E-state index contributed by atoms with van der Waals surface area (Å²) in [7, 11) is 0. The van der Waals surface area contributed by atoms with E-state index in [-0.39, 0.29) is 12.4 Å². The van der Waals surface area contributed by atoms with Gasteiger partial charge in [-0.1, -0.05) is 18.2 Å². The van der Waals surface area contributed by atoms with Crippen molar-refractivity contribution in [1.82, 2.24) is 0 Å². The SMILES string of the molecule is Cc1ccc(C(=O)COC(=O)c2sc3ccccc3c2C)s1. The quantitative estimate of drug-likeness (QED) is 0.518.